The number of hydrogen-bond donors (Lipinski definition) is 3. The van der Waals surface area contributed by atoms with Crippen LogP contribution < -0.4 is 5.32 Å². The van der Waals surface area contributed by atoms with Gasteiger partial charge in [0.25, 0.3) is 0 Å². The van der Waals surface area contributed by atoms with Gasteiger partial charge in [0.05, 0.1) is 25.4 Å². The number of hydrogen-bond acceptors (Lipinski definition) is 5. The molecule has 0 saturated heterocycles. The summed E-state index contributed by atoms with van der Waals surface area (Å²) in [5.41, 5.74) is 0. The highest BCUT2D eigenvalue weighted by atomic mass is 16.5. The summed E-state index contributed by atoms with van der Waals surface area (Å²) in [5.74, 6) is -0.0148. The molecule has 6 nitrogen and oxygen atoms in total. The van der Waals surface area contributed by atoms with Gasteiger partial charge in [-0.2, -0.15) is 0 Å². The van der Waals surface area contributed by atoms with E-state index in [2.05, 4.69) is 19.2 Å². The predicted molar refractivity (Wildman–Crippen MR) is 287 cm³/mol. The van der Waals surface area contributed by atoms with E-state index >= 15 is 0 Å². The average molecular weight is 935 g/mol. The third-order valence-electron chi connectivity index (χ3n) is 14.4. The van der Waals surface area contributed by atoms with Crippen molar-refractivity contribution in [2.45, 2.75) is 360 Å². The summed E-state index contributed by atoms with van der Waals surface area (Å²) in [6.07, 6.45) is 65.4. The Balaban J connectivity index is 3.34. The van der Waals surface area contributed by atoms with Crippen molar-refractivity contribution in [1.29, 1.82) is 0 Å². The van der Waals surface area contributed by atoms with Crippen LogP contribution in [0.15, 0.2) is 0 Å². The first-order valence-electron chi connectivity index (χ1n) is 30.3. The molecule has 0 rings (SSSR count). The van der Waals surface area contributed by atoms with E-state index in [1.807, 2.05) is 0 Å². The Morgan fingerprint density at radius 1 is 0.364 bits per heavy atom. The first kappa shape index (κ1) is 64.9. The number of ether oxygens (including phenoxy) is 1. The van der Waals surface area contributed by atoms with E-state index in [9.17, 15) is 19.8 Å². The Morgan fingerprint density at radius 2 is 0.621 bits per heavy atom. The van der Waals surface area contributed by atoms with Crippen molar-refractivity contribution in [2.75, 3.05) is 13.2 Å². The number of aliphatic hydroxyl groups is 2. The molecule has 2 unspecified atom stereocenters. The van der Waals surface area contributed by atoms with Gasteiger partial charge in [0, 0.05) is 12.8 Å². The molecule has 0 bridgehead atoms. The van der Waals surface area contributed by atoms with Crippen molar-refractivity contribution in [3.8, 4) is 0 Å². The lowest BCUT2D eigenvalue weighted by atomic mass is 10.0. The fourth-order valence-electron chi connectivity index (χ4n) is 9.76. The minimum atomic E-state index is -0.661. The third kappa shape index (κ3) is 52.2. The summed E-state index contributed by atoms with van der Waals surface area (Å²) in [6, 6.07) is -0.538. The molecule has 0 aromatic carbocycles. The topological polar surface area (TPSA) is 95.9 Å². The number of amides is 1. The summed E-state index contributed by atoms with van der Waals surface area (Å²) in [4.78, 5) is 24.5. The second-order valence-corrected chi connectivity index (χ2v) is 21.1. The molecule has 0 aliphatic rings. The number of unbranched alkanes of at least 4 members (excludes halogenated alkanes) is 46. The van der Waals surface area contributed by atoms with Crippen LogP contribution in [-0.2, 0) is 14.3 Å². The van der Waals surface area contributed by atoms with Crippen molar-refractivity contribution in [1.82, 2.24) is 5.32 Å². The Labute approximate surface area is 413 Å². The Bertz CT molecular complexity index is 944. The molecule has 0 aromatic rings. The minimum absolute atomic E-state index is 0.0169. The maximum absolute atomic E-state index is 12.5. The number of aliphatic hydroxyl groups excluding tert-OH is 2. The lowest BCUT2D eigenvalue weighted by molar-refractivity contribution is -0.143. The highest BCUT2D eigenvalue weighted by Crippen LogP contribution is 2.18. The maximum Gasteiger partial charge on any atom is 0.305 e. The fraction of sp³-hybridized carbons (Fsp3) is 0.967. The van der Waals surface area contributed by atoms with E-state index in [0.29, 0.717) is 25.9 Å². The van der Waals surface area contributed by atoms with Gasteiger partial charge >= 0.3 is 5.97 Å². The number of rotatable bonds is 57. The summed E-state index contributed by atoms with van der Waals surface area (Å²) in [5, 5.41) is 23.2. The van der Waals surface area contributed by atoms with Gasteiger partial charge in [-0.05, 0) is 25.7 Å². The molecular weight excluding hydrogens is 815 g/mol. The first-order valence-corrected chi connectivity index (χ1v) is 30.3. The smallest absolute Gasteiger partial charge is 0.305 e. The summed E-state index contributed by atoms with van der Waals surface area (Å²) >= 11 is 0. The zero-order chi connectivity index (χ0) is 47.9. The van der Waals surface area contributed by atoms with Crippen molar-refractivity contribution < 1.29 is 24.5 Å². The van der Waals surface area contributed by atoms with Gasteiger partial charge in [0.1, 0.15) is 0 Å². The highest BCUT2D eigenvalue weighted by Gasteiger charge is 2.20. The quantitative estimate of drug-likeness (QED) is 0.0417. The first-order chi connectivity index (χ1) is 32.5. The number of esters is 1. The second-order valence-electron chi connectivity index (χ2n) is 21.1. The van der Waals surface area contributed by atoms with Gasteiger partial charge in [0.15, 0.2) is 0 Å². The van der Waals surface area contributed by atoms with E-state index in [1.165, 1.54) is 276 Å². The molecule has 0 saturated carbocycles. The molecule has 0 aliphatic carbocycles. The van der Waals surface area contributed by atoms with E-state index in [1.54, 1.807) is 0 Å². The lowest BCUT2D eigenvalue weighted by Gasteiger charge is -2.22. The Hall–Kier alpha value is -1.14. The van der Waals surface area contributed by atoms with Crippen LogP contribution in [0.5, 0.6) is 0 Å². The Kier molecular flexibility index (Phi) is 55.5. The van der Waals surface area contributed by atoms with E-state index in [0.717, 1.165) is 38.5 Å². The maximum atomic E-state index is 12.5. The molecule has 6 heteroatoms. The van der Waals surface area contributed by atoms with Crippen LogP contribution in [0.1, 0.15) is 348 Å². The van der Waals surface area contributed by atoms with Crippen molar-refractivity contribution in [3.63, 3.8) is 0 Å². The van der Waals surface area contributed by atoms with Crippen LogP contribution in [0.4, 0.5) is 0 Å². The van der Waals surface area contributed by atoms with Gasteiger partial charge in [-0.25, -0.2) is 0 Å². The van der Waals surface area contributed by atoms with Gasteiger partial charge in [0.2, 0.25) is 5.91 Å². The van der Waals surface area contributed by atoms with Crippen LogP contribution in [0.2, 0.25) is 0 Å². The molecule has 1 amide bonds. The van der Waals surface area contributed by atoms with Crippen LogP contribution >= 0.6 is 0 Å². The normalized spacial score (nSPS) is 12.5. The fourth-order valence-corrected chi connectivity index (χ4v) is 9.76. The zero-order valence-electron chi connectivity index (χ0n) is 45.0. The van der Waals surface area contributed by atoms with Gasteiger partial charge in [-0.15, -0.1) is 0 Å². The largest absolute Gasteiger partial charge is 0.466 e. The molecule has 0 heterocycles. The van der Waals surface area contributed by atoms with Crippen LogP contribution in [0.25, 0.3) is 0 Å². The molecule has 66 heavy (non-hydrogen) atoms. The molecule has 3 N–H and O–H groups in total. The van der Waals surface area contributed by atoms with Gasteiger partial charge in [-0.3, -0.25) is 9.59 Å². The standard InChI is InChI=1S/C60H119NO5/c1-3-5-7-9-11-13-15-29-32-36-40-44-48-52-58(63)57(56-62)61-59(64)53-49-45-41-37-33-30-27-25-23-21-19-17-18-20-22-24-26-28-31-35-39-43-47-51-55-66-60(65)54-50-46-42-38-34-16-14-12-10-8-6-4-2/h57-58,62-63H,3-56H2,1-2H3,(H,61,64). The molecule has 0 radical (unpaired) electrons. The molecule has 0 aromatic heterocycles. The lowest BCUT2D eigenvalue weighted by Crippen LogP contribution is -2.45. The van der Waals surface area contributed by atoms with Crippen molar-refractivity contribution in [3.05, 3.63) is 0 Å². The molecule has 0 spiro atoms. The van der Waals surface area contributed by atoms with E-state index in [-0.39, 0.29) is 18.5 Å². The predicted octanol–water partition coefficient (Wildman–Crippen LogP) is 18.7. The molecule has 0 fully saturated rings. The molecule has 0 aliphatic heterocycles. The van der Waals surface area contributed by atoms with Crippen LogP contribution in [0, 0.1) is 0 Å². The summed E-state index contributed by atoms with van der Waals surface area (Å²) in [7, 11) is 0. The average Bonchev–Trinajstić information content (AvgIpc) is 3.32. The van der Waals surface area contributed by atoms with Crippen molar-refractivity contribution >= 4 is 11.9 Å². The number of carbonyl (C=O) groups is 2. The van der Waals surface area contributed by atoms with Crippen molar-refractivity contribution in [2.24, 2.45) is 0 Å². The van der Waals surface area contributed by atoms with Gasteiger partial charge < -0.3 is 20.3 Å². The minimum Gasteiger partial charge on any atom is -0.466 e. The van der Waals surface area contributed by atoms with Crippen LogP contribution in [-0.4, -0.2) is 47.4 Å². The summed E-state index contributed by atoms with van der Waals surface area (Å²) in [6.45, 7) is 4.97. The zero-order valence-corrected chi connectivity index (χ0v) is 45.0. The SMILES string of the molecule is CCCCCCCCCCCCCCCC(O)C(CO)NC(=O)CCCCCCCCCCCCCCCCCCCCCCCCCCOC(=O)CCCCCCCCCCCCCC. The third-order valence-corrected chi connectivity index (χ3v) is 14.4. The second kappa shape index (κ2) is 56.4. The van der Waals surface area contributed by atoms with Gasteiger partial charge in [-0.1, -0.05) is 309 Å². The number of nitrogens with one attached hydrogen (secondary N) is 1. The molecule has 394 valence electrons. The van der Waals surface area contributed by atoms with Crippen LogP contribution in [0.3, 0.4) is 0 Å². The number of carbonyl (C=O) groups excluding carboxylic acids is 2. The molecule has 2 atom stereocenters. The van der Waals surface area contributed by atoms with E-state index in [4.69, 9.17) is 4.74 Å². The monoisotopic (exact) mass is 934 g/mol. The molecular formula is C60H119NO5. The van der Waals surface area contributed by atoms with E-state index < -0.39 is 12.1 Å². The summed E-state index contributed by atoms with van der Waals surface area (Å²) < 4.78 is 5.47. The highest BCUT2D eigenvalue weighted by molar-refractivity contribution is 5.76. The Morgan fingerprint density at radius 3 is 0.924 bits per heavy atom.